The van der Waals surface area contributed by atoms with Gasteiger partial charge in [0, 0.05) is 0 Å². The van der Waals surface area contributed by atoms with Crippen LogP contribution in [0.15, 0.2) is 48.5 Å². The Kier molecular flexibility index (Phi) is 4.23. The first kappa shape index (κ1) is 14.2. The van der Waals surface area contributed by atoms with Crippen LogP contribution in [-0.2, 0) is 0 Å². The highest BCUT2D eigenvalue weighted by Gasteiger charge is 2.11. The first-order valence-corrected chi connectivity index (χ1v) is 6.18. The molecular weight excluding hydrogens is 264 g/mol. The lowest BCUT2D eigenvalue weighted by Crippen LogP contribution is -1.90. The monoisotopic (exact) mass is 276 g/mol. The van der Waals surface area contributed by atoms with Crippen LogP contribution in [-0.4, -0.2) is 12.2 Å². The Morgan fingerprint density at radius 3 is 1.67 bits per heavy atom. The van der Waals surface area contributed by atoms with E-state index in [0.717, 1.165) is 0 Å². The summed E-state index contributed by atoms with van der Waals surface area (Å²) in [6.45, 7) is 0. The van der Waals surface area contributed by atoms with Gasteiger partial charge < -0.3 is 9.84 Å². The number of aromatic hydroxyl groups is 1. The molecule has 0 bridgehead atoms. The summed E-state index contributed by atoms with van der Waals surface area (Å²) in [5, 5.41) is 28.1. The number of nitrogens with zero attached hydrogens (tertiary/aromatic N) is 2. The maximum atomic E-state index is 9.38. The minimum atomic E-state index is 0.110. The molecule has 0 aromatic heterocycles. The predicted molar refractivity (Wildman–Crippen MR) is 79.1 cm³/mol. The van der Waals surface area contributed by atoms with Crippen LogP contribution in [0.3, 0.4) is 0 Å². The number of allylic oxidation sites excluding steroid dienone is 2. The van der Waals surface area contributed by atoms with E-state index >= 15 is 0 Å². The zero-order valence-corrected chi connectivity index (χ0v) is 11.4. The van der Waals surface area contributed by atoms with Crippen molar-refractivity contribution < 1.29 is 9.84 Å². The number of phenols is 1. The summed E-state index contributed by atoms with van der Waals surface area (Å²) in [5.74, 6) is 0.790. The molecule has 0 aliphatic carbocycles. The zero-order chi connectivity index (χ0) is 15.2. The fourth-order valence-electron chi connectivity index (χ4n) is 1.92. The van der Waals surface area contributed by atoms with Crippen molar-refractivity contribution in [2.75, 3.05) is 7.11 Å². The SMILES string of the molecule is COc1ccc(/C(C#N)=C(\C#N)c2ccc(O)cc2)cc1. The quantitative estimate of drug-likeness (QED) is 0.688. The number of phenolic OH excluding ortho intramolecular Hbond substituents is 1. The summed E-state index contributed by atoms with van der Waals surface area (Å²) in [5.41, 5.74) is 1.78. The largest absolute Gasteiger partial charge is 0.508 e. The predicted octanol–water partition coefficient (Wildman–Crippen LogP) is 3.36. The van der Waals surface area contributed by atoms with Gasteiger partial charge in [-0.25, -0.2) is 0 Å². The Hall–Kier alpha value is -3.24. The highest BCUT2D eigenvalue weighted by atomic mass is 16.5. The molecule has 0 spiro atoms. The van der Waals surface area contributed by atoms with E-state index < -0.39 is 0 Å². The molecule has 2 aromatic carbocycles. The van der Waals surface area contributed by atoms with E-state index in [9.17, 15) is 15.6 Å². The van der Waals surface area contributed by atoms with E-state index in [1.807, 2.05) is 0 Å². The molecule has 0 saturated heterocycles. The molecule has 102 valence electrons. The normalized spacial score (nSPS) is 11.0. The van der Waals surface area contributed by atoms with E-state index in [0.29, 0.717) is 16.9 Å². The summed E-state index contributed by atoms with van der Waals surface area (Å²) in [6, 6.07) is 17.2. The molecule has 0 atom stereocenters. The smallest absolute Gasteiger partial charge is 0.118 e. The van der Waals surface area contributed by atoms with E-state index in [2.05, 4.69) is 12.1 Å². The molecule has 0 heterocycles. The van der Waals surface area contributed by atoms with Gasteiger partial charge in [0.15, 0.2) is 0 Å². The second-order valence-corrected chi connectivity index (χ2v) is 4.25. The third kappa shape index (κ3) is 3.02. The van der Waals surface area contributed by atoms with Gasteiger partial charge in [0.25, 0.3) is 0 Å². The highest BCUT2D eigenvalue weighted by Crippen LogP contribution is 2.27. The summed E-state index contributed by atoms with van der Waals surface area (Å²) in [7, 11) is 1.56. The van der Waals surface area contributed by atoms with Crippen molar-refractivity contribution >= 4 is 11.1 Å². The average molecular weight is 276 g/mol. The van der Waals surface area contributed by atoms with Crippen LogP contribution in [0.25, 0.3) is 11.1 Å². The first-order valence-electron chi connectivity index (χ1n) is 6.18. The van der Waals surface area contributed by atoms with Gasteiger partial charge in [0.1, 0.15) is 23.6 Å². The molecule has 0 fully saturated rings. The molecule has 0 amide bonds. The molecule has 0 aliphatic heterocycles. The van der Waals surface area contributed by atoms with Crippen molar-refractivity contribution in [3.05, 3.63) is 59.7 Å². The fraction of sp³-hybridized carbons (Fsp3) is 0.0588. The van der Waals surface area contributed by atoms with Gasteiger partial charge in [0.2, 0.25) is 0 Å². The number of rotatable bonds is 3. The lowest BCUT2D eigenvalue weighted by atomic mass is 9.96. The number of nitriles is 2. The molecule has 2 rings (SSSR count). The Morgan fingerprint density at radius 1 is 0.857 bits per heavy atom. The third-order valence-corrected chi connectivity index (χ3v) is 3.01. The topological polar surface area (TPSA) is 77.0 Å². The minimum absolute atomic E-state index is 0.110. The Labute approximate surface area is 122 Å². The molecule has 2 aromatic rings. The van der Waals surface area contributed by atoms with Crippen LogP contribution in [0.2, 0.25) is 0 Å². The van der Waals surface area contributed by atoms with Crippen LogP contribution in [0.1, 0.15) is 11.1 Å². The van der Waals surface area contributed by atoms with Gasteiger partial charge in [-0.2, -0.15) is 10.5 Å². The zero-order valence-electron chi connectivity index (χ0n) is 11.4. The molecule has 4 nitrogen and oxygen atoms in total. The van der Waals surface area contributed by atoms with Crippen LogP contribution in [0, 0.1) is 22.7 Å². The van der Waals surface area contributed by atoms with Crippen molar-refractivity contribution in [1.29, 1.82) is 10.5 Å². The van der Waals surface area contributed by atoms with Crippen LogP contribution < -0.4 is 4.74 Å². The van der Waals surface area contributed by atoms with E-state index in [1.165, 1.54) is 12.1 Å². The lowest BCUT2D eigenvalue weighted by Gasteiger charge is -2.06. The van der Waals surface area contributed by atoms with Gasteiger partial charge in [-0.05, 0) is 59.7 Å². The second kappa shape index (κ2) is 6.27. The molecule has 0 aliphatic rings. The van der Waals surface area contributed by atoms with Crippen molar-refractivity contribution in [2.45, 2.75) is 0 Å². The number of benzene rings is 2. The average Bonchev–Trinajstić information content (AvgIpc) is 2.54. The number of ether oxygens (including phenoxy) is 1. The van der Waals surface area contributed by atoms with Gasteiger partial charge in [-0.1, -0.05) is 0 Å². The van der Waals surface area contributed by atoms with Crippen molar-refractivity contribution in [3.8, 4) is 23.6 Å². The van der Waals surface area contributed by atoms with Crippen molar-refractivity contribution in [1.82, 2.24) is 0 Å². The Bertz CT molecular complexity index is 745. The second-order valence-electron chi connectivity index (χ2n) is 4.25. The van der Waals surface area contributed by atoms with Gasteiger partial charge in [-0.3, -0.25) is 0 Å². The molecular formula is C17H12N2O2. The standard InChI is InChI=1S/C17H12N2O2/c1-21-15-8-4-13(5-9-15)17(11-19)16(10-18)12-2-6-14(20)7-3-12/h2-9,20H,1H3/b17-16+. The molecule has 4 heteroatoms. The molecule has 0 radical (unpaired) electrons. The lowest BCUT2D eigenvalue weighted by molar-refractivity contribution is 0.415. The van der Waals surface area contributed by atoms with E-state index in [-0.39, 0.29) is 16.9 Å². The third-order valence-electron chi connectivity index (χ3n) is 3.01. The molecule has 21 heavy (non-hydrogen) atoms. The van der Waals surface area contributed by atoms with E-state index in [4.69, 9.17) is 4.74 Å². The number of hydrogen-bond donors (Lipinski definition) is 1. The van der Waals surface area contributed by atoms with Crippen molar-refractivity contribution in [2.24, 2.45) is 0 Å². The van der Waals surface area contributed by atoms with Crippen molar-refractivity contribution in [3.63, 3.8) is 0 Å². The highest BCUT2D eigenvalue weighted by molar-refractivity contribution is 6.02. The maximum Gasteiger partial charge on any atom is 0.118 e. The maximum absolute atomic E-state index is 9.38. The van der Waals surface area contributed by atoms with Gasteiger partial charge >= 0.3 is 0 Å². The van der Waals surface area contributed by atoms with Gasteiger partial charge in [0.05, 0.1) is 18.3 Å². The minimum Gasteiger partial charge on any atom is -0.508 e. The summed E-state index contributed by atoms with van der Waals surface area (Å²) in [4.78, 5) is 0. The summed E-state index contributed by atoms with van der Waals surface area (Å²) < 4.78 is 5.08. The summed E-state index contributed by atoms with van der Waals surface area (Å²) in [6.07, 6.45) is 0. The summed E-state index contributed by atoms with van der Waals surface area (Å²) >= 11 is 0. The van der Waals surface area contributed by atoms with Gasteiger partial charge in [-0.15, -0.1) is 0 Å². The Morgan fingerprint density at radius 2 is 1.29 bits per heavy atom. The van der Waals surface area contributed by atoms with E-state index in [1.54, 1.807) is 43.5 Å². The van der Waals surface area contributed by atoms with Crippen LogP contribution in [0.5, 0.6) is 11.5 Å². The fourth-order valence-corrected chi connectivity index (χ4v) is 1.92. The van der Waals surface area contributed by atoms with Crippen LogP contribution >= 0.6 is 0 Å². The number of methoxy groups -OCH3 is 1. The first-order chi connectivity index (χ1) is 10.2. The van der Waals surface area contributed by atoms with Crippen LogP contribution in [0.4, 0.5) is 0 Å². The molecule has 0 saturated carbocycles. The molecule has 1 N–H and O–H groups in total. The Balaban J connectivity index is 2.56. The molecule has 0 unspecified atom stereocenters. The number of hydrogen-bond acceptors (Lipinski definition) is 4.